The molecule has 0 saturated carbocycles. The summed E-state index contributed by atoms with van der Waals surface area (Å²) in [6, 6.07) is 0.643. The first-order valence-corrected chi connectivity index (χ1v) is 8.78. The van der Waals surface area contributed by atoms with Gasteiger partial charge in [-0.2, -0.15) is 11.8 Å². The molecule has 110 valence electrons. The molecular weight excluding hydrogens is 258 g/mol. The lowest BCUT2D eigenvalue weighted by molar-refractivity contribution is -0.140. The molecule has 3 aliphatic heterocycles. The Labute approximate surface area is 121 Å². The average molecular weight is 285 g/mol. The normalized spacial score (nSPS) is 38.7. The Kier molecular flexibility index (Phi) is 4.42. The predicted octanol–water partition coefficient (Wildman–Crippen LogP) is 2.59. The molecule has 4 heteroatoms. The molecule has 3 fully saturated rings. The summed E-state index contributed by atoms with van der Waals surface area (Å²) in [7, 11) is 0. The first-order valence-electron chi connectivity index (χ1n) is 7.79. The Bertz CT molecular complexity index is 293. The van der Waals surface area contributed by atoms with E-state index in [1.54, 1.807) is 0 Å². The van der Waals surface area contributed by atoms with Gasteiger partial charge in [0.1, 0.15) is 0 Å². The van der Waals surface area contributed by atoms with E-state index in [1.807, 2.05) is 0 Å². The molecule has 0 aliphatic carbocycles. The Morgan fingerprint density at radius 2 is 2.05 bits per heavy atom. The fourth-order valence-electron chi connectivity index (χ4n) is 3.63. The summed E-state index contributed by atoms with van der Waals surface area (Å²) in [5, 5.41) is 3.83. The highest BCUT2D eigenvalue weighted by molar-refractivity contribution is 8.00. The molecular formula is C15H27NO2S. The molecule has 2 atom stereocenters. The summed E-state index contributed by atoms with van der Waals surface area (Å²) in [5.74, 6) is 1.34. The third kappa shape index (κ3) is 3.46. The Morgan fingerprint density at radius 3 is 2.79 bits per heavy atom. The van der Waals surface area contributed by atoms with E-state index in [0.717, 1.165) is 39.2 Å². The van der Waals surface area contributed by atoms with Crippen LogP contribution in [-0.4, -0.2) is 48.5 Å². The van der Waals surface area contributed by atoms with Gasteiger partial charge in [-0.25, -0.2) is 0 Å². The zero-order chi connectivity index (χ0) is 13.2. The maximum Gasteiger partial charge on any atom is 0.0741 e. The number of hydrogen-bond donors (Lipinski definition) is 1. The second-order valence-corrected chi connectivity index (χ2v) is 8.30. The van der Waals surface area contributed by atoms with E-state index < -0.39 is 0 Å². The molecule has 3 heterocycles. The van der Waals surface area contributed by atoms with Crippen LogP contribution in [0.4, 0.5) is 0 Å². The summed E-state index contributed by atoms with van der Waals surface area (Å²) in [5.41, 5.74) is 0.123. The van der Waals surface area contributed by atoms with Gasteiger partial charge in [0.2, 0.25) is 0 Å². The van der Waals surface area contributed by atoms with Crippen LogP contribution in [0.2, 0.25) is 0 Å². The van der Waals surface area contributed by atoms with Gasteiger partial charge in [-0.1, -0.05) is 0 Å². The second-order valence-electron chi connectivity index (χ2n) is 6.62. The number of nitrogens with one attached hydrogen (secondary N) is 1. The molecule has 1 N–H and O–H groups in total. The van der Waals surface area contributed by atoms with E-state index in [1.165, 1.54) is 31.4 Å². The van der Waals surface area contributed by atoms with Crippen molar-refractivity contribution >= 4 is 11.8 Å². The Balaban J connectivity index is 1.50. The highest BCUT2D eigenvalue weighted by Gasteiger charge is 2.39. The van der Waals surface area contributed by atoms with Crippen molar-refractivity contribution in [3.63, 3.8) is 0 Å². The van der Waals surface area contributed by atoms with Gasteiger partial charge in [-0.3, -0.25) is 0 Å². The first-order chi connectivity index (χ1) is 9.20. The number of hydrogen-bond acceptors (Lipinski definition) is 4. The molecule has 3 saturated heterocycles. The topological polar surface area (TPSA) is 30.5 Å². The standard InChI is InChI=1S/C15H27NO2S/c1-14(4-2-10-19-14)12-16-13-3-7-18-15(11-13)5-8-17-9-6-15/h13,16H,2-12H2,1H3. The Hall–Kier alpha value is 0.230. The molecule has 1 spiro atoms. The molecule has 3 nitrogen and oxygen atoms in total. The minimum atomic E-state index is 0.123. The van der Waals surface area contributed by atoms with E-state index in [4.69, 9.17) is 9.47 Å². The number of rotatable bonds is 3. The minimum absolute atomic E-state index is 0.123. The monoisotopic (exact) mass is 285 g/mol. The van der Waals surface area contributed by atoms with E-state index in [-0.39, 0.29) is 5.60 Å². The van der Waals surface area contributed by atoms with Crippen LogP contribution in [-0.2, 0) is 9.47 Å². The van der Waals surface area contributed by atoms with Crippen molar-refractivity contribution in [1.82, 2.24) is 5.32 Å². The zero-order valence-electron chi connectivity index (χ0n) is 12.1. The summed E-state index contributed by atoms with van der Waals surface area (Å²) in [6.45, 7) is 6.25. The van der Waals surface area contributed by atoms with Crippen LogP contribution in [0.3, 0.4) is 0 Å². The van der Waals surface area contributed by atoms with Crippen LogP contribution in [0.25, 0.3) is 0 Å². The van der Waals surface area contributed by atoms with E-state index in [0.29, 0.717) is 10.8 Å². The van der Waals surface area contributed by atoms with E-state index in [9.17, 15) is 0 Å². The molecule has 0 radical (unpaired) electrons. The molecule has 0 aromatic carbocycles. The Morgan fingerprint density at radius 1 is 1.21 bits per heavy atom. The van der Waals surface area contributed by atoms with Gasteiger partial charge in [0.15, 0.2) is 0 Å². The van der Waals surface area contributed by atoms with Crippen LogP contribution in [0, 0.1) is 0 Å². The molecule has 19 heavy (non-hydrogen) atoms. The van der Waals surface area contributed by atoms with Crippen molar-refractivity contribution in [2.45, 2.75) is 61.8 Å². The van der Waals surface area contributed by atoms with E-state index in [2.05, 4.69) is 24.0 Å². The van der Waals surface area contributed by atoms with Gasteiger partial charge in [-0.15, -0.1) is 0 Å². The average Bonchev–Trinajstić information content (AvgIpc) is 2.85. The predicted molar refractivity (Wildman–Crippen MR) is 79.9 cm³/mol. The van der Waals surface area contributed by atoms with Crippen LogP contribution in [0.15, 0.2) is 0 Å². The number of thioether (sulfide) groups is 1. The molecule has 0 aromatic heterocycles. The molecule has 2 unspecified atom stereocenters. The van der Waals surface area contributed by atoms with Gasteiger partial charge in [0.25, 0.3) is 0 Å². The van der Waals surface area contributed by atoms with Crippen molar-refractivity contribution in [3.05, 3.63) is 0 Å². The summed E-state index contributed by atoms with van der Waals surface area (Å²) < 4.78 is 12.1. The first kappa shape index (κ1) is 14.2. The smallest absolute Gasteiger partial charge is 0.0741 e. The quantitative estimate of drug-likeness (QED) is 0.863. The number of ether oxygens (including phenoxy) is 2. The molecule has 3 rings (SSSR count). The molecule has 3 aliphatic rings. The van der Waals surface area contributed by atoms with Gasteiger partial charge >= 0.3 is 0 Å². The summed E-state index contributed by atoms with van der Waals surface area (Å²) >= 11 is 2.15. The zero-order valence-corrected chi connectivity index (χ0v) is 12.9. The summed E-state index contributed by atoms with van der Waals surface area (Å²) in [4.78, 5) is 0. The third-order valence-electron chi connectivity index (χ3n) is 4.96. The fraction of sp³-hybridized carbons (Fsp3) is 1.00. The van der Waals surface area contributed by atoms with Gasteiger partial charge < -0.3 is 14.8 Å². The van der Waals surface area contributed by atoms with Gasteiger partial charge in [0.05, 0.1) is 5.60 Å². The largest absolute Gasteiger partial charge is 0.381 e. The highest BCUT2D eigenvalue weighted by Crippen LogP contribution is 2.38. The van der Waals surface area contributed by atoms with Crippen LogP contribution >= 0.6 is 11.8 Å². The van der Waals surface area contributed by atoms with Crippen molar-refractivity contribution in [2.75, 3.05) is 32.1 Å². The lowest BCUT2D eigenvalue weighted by atomic mass is 9.84. The molecule has 0 bridgehead atoms. The third-order valence-corrected chi connectivity index (χ3v) is 6.50. The lowest BCUT2D eigenvalue weighted by Gasteiger charge is -2.44. The summed E-state index contributed by atoms with van der Waals surface area (Å²) in [6.07, 6.45) is 7.26. The fourth-order valence-corrected chi connectivity index (χ4v) is 4.89. The van der Waals surface area contributed by atoms with Crippen molar-refractivity contribution in [2.24, 2.45) is 0 Å². The van der Waals surface area contributed by atoms with Crippen molar-refractivity contribution < 1.29 is 9.47 Å². The van der Waals surface area contributed by atoms with Crippen LogP contribution in [0.1, 0.15) is 45.4 Å². The van der Waals surface area contributed by atoms with Crippen LogP contribution < -0.4 is 5.32 Å². The van der Waals surface area contributed by atoms with Gasteiger partial charge in [-0.05, 0) is 51.2 Å². The highest BCUT2D eigenvalue weighted by atomic mass is 32.2. The maximum absolute atomic E-state index is 6.11. The van der Waals surface area contributed by atoms with Crippen molar-refractivity contribution in [3.8, 4) is 0 Å². The maximum atomic E-state index is 6.11. The molecule has 0 amide bonds. The van der Waals surface area contributed by atoms with Gasteiger partial charge in [0, 0.05) is 37.2 Å². The lowest BCUT2D eigenvalue weighted by Crippen LogP contribution is -2.51. The van der Waals surface area contributed by atoms with Crippen LogP contribution in [0.5, 0.6) is 0 Å². The van der Waals surface area contributed by atoms with E-state index >= 15 is 0 Å². The minimum Gasteiger partial charge on any atom is -0.381 e. The SMILES string of the molecule is CC1(CNC2CCOC3(CCOCC3)C2)CCCS1. The van der Waals surface area contributed by atoms with Crippen molar-refractivity contribution in [1.29, 1.82) is 0 Å². The second kappa shape index (κ2) is 5.92. The molecule has 0 aromatic rings.